The molecule has 0 radical (unpaired) electrons. The third-order valence-electron chi connectivity index (χ3n) is 6.50. The van der Waals surface area contributed by atoms with E-state index in [2.05, 4.69) is 9.88 Å². The molecule has 2 atom stereocenters. The number of carbonyl (C=O) groups is 2. The summed E-state index contributed by atoms with van der Waals surface area (Å²) in [5, 5.41) is 1.11. The molecule has 10 heteroatoms. The number of nitrogens with zero attached hydrogens (tertiary/aromatic N) is 4. The summed E-state index contributed by atoms with van der Waals surface area (Å²) < 4.78 is 5.53. The number of piperidine rings is 1. The number of aromatic nitrogens is 1. The fourth-order valence-electron chi connectivity index (χ4n) is 4.82. The van der Waals surface area contributed by atoms with E-state index in [9.17, 15) is 9.59 Å². The van der Waals surface area contributed by atoms with Crippen LogP contribution >= 0.6 is 23.2 Å². The van der Waals surface area contributed by atoms with Gasteiger partial charge in [0, 0.05) is 43.9 Å². The number of carbonyl (C=O) groups excluding carboxylic acids is 2. The third kappa shape index (κ3) is 6.16. The number of nitrogen functional groups attached to an aromatic ring is 1. The zero-order valence-electron chi connectivity index (χ0n) is 20.9. The van der Waals surface area contributed by atoms with Crippen LogP contribution in [0.2, 0.25) is 10.0 Å². The first-order valence-corrected chi connectivity index (χ1v) is 13.0. The molecule has 2 aromatic rings. The summed E-state index contributed by atoms with van der Waals surface area (Å²) in [6, 6.07) is 9.13. The Morgan fingerprint density at radius 3 is 2.42 bits per heavy atom. The fraction of sp³-hybridized carbons (Fsp3) is 0.500. The van der Waals surface area contributed by atoms with Gasteiger partial charge in [0.05, 0.1) is 22.7 Å². The Morgan fingerprint density at radius 1 is 1.03 bits per heavy atom. The lowest BCUT2D eigenvalue weighted by Gasteiger charge is -2.44. The molecule has 2 N–H and O–H groups in total. The van der Waals surface area contributed by atoms with Gasteiger partial charge in [-0.2, -0.15) is 0 Å². The van der Waals surface area contributed by atoms with Crippen molar-refractivity contribution in [2.24, 2.45) is 5.92 Å². The Kier molecular flexibility index (Phi) is 7.85. The van der Waals surface area contributed by atoms with Crippen LogP contribution in [0, 0.1) is 5.92 Å². The Balaban J connectivity index is 1.53. The molecule has 2 aliphatic rings. The first-order chi connectivity index (χ1) is 17.0. The average Bonchev–Trinajstić information content (AvgIpc) is 2.83. The van der Waals surface area contributed by atoms with E-state index in [1.54, 1.807) is 17.2 Å². The predicted octanol–water partition coefficient (Wildman–Crippen LogP) is 5.01. The molecule has 0 aliphatic carbocycles. The zero-order chi connectivity index (χ0) is 26.0. The summed E-state index contributed by atoms with van der Waals surface area (Å²) in [7, 11) is 0. The van der Waals surface area contributed by atoms with Crippen molar-refractivity contribution in [1.29, 1.82) is 0 Å². The maximum Gasteiger partial charge on any atom is 0.410 e. The highest BCUT2D eigenvalue weighted by molar-refractivity contribution is 6.31. The highest BCUT2D eigenvalue weighted by atomic mass is 35.5. The second kappa shape index (κ2) is 10.7. The summed E-state index contributed by atoms with van der Waals surface area (Å²) in [4.78, 5) is 36.4. The minimum Gasteiger partial charge on any atom is -0.444 e. The predicted molar refractivity (Wildman–Crippen MR) is 142 cm³/mol. The molecule has 0 spiro atoms. The number of piperazine rings is 1. The smallest absolute Gasteiger partial charge is 0.410 e. The van der Waals surface area contributed by atoms with Gasteiger partial charge in [0.2, 0.25) is 5.91 Å². The fourth-order valence-corrected chi connectivity index (χ4v) is 5.12. The van der Waals surface area contributed by atoms with Crippen LogP contribution < -0.4 is 10.6 Å². The van der Waals surface area contributed by atoms with E-state index in [0.717, 1.165) is 18.4 Å². The quantitative estimate of drug-likeness (QED) is 0.596. The normalized spacial score (nSPS) is 20.9. The van der Waals surface area contributed by atoms with E-state index in [0.29, 0.717) is 54.3 Å². The molecule has 0 bridgehead atoms. The molecule has 194 valence electrons. The SMILES string of the molecule is CC(C)(C)OC(=O)N1CCCC(C(=O)N2CCN(c3ncc(Cl)cc3N)C(c3ccc(Cl)cc3)C2)C1. The van der Waals surface area contributed by atoms with Gasteiger partial charge in [-0.25, -0.2) is 9.78 Å². The number of anilines is 2. The van der Waals surface area contributed by atoms with E-state index >= 15 is 0 Å². The van der Waals surface area contributed by atoms with Crippen molar-refractivity contribution >= 4 is 46.7 Å². The van der Waals surface area contributed by atoms with Gasteiger partial charge < -0.3 is 25.2 Å². The topological polar surface area (TPSA) is 92.0 Å². The molecule has 4 rings (SSSR count). The van der Waals surface area contributed by atoms with Crippen LogP contribution in [-0.2, 0) is 9.53 Å². The van der Waals surface area contributed by atoms with Crippen molar-refractivity contribution < 1.29 is 14.3 Å². The van der Waals surface area contributed by atoms with Crippen molar-refractivity contribution in [2.45, 2.75) is 45.3 Å². The standard InChI is InChI=1S/C26H33Cl2N5O3/c1-26(2,3)36-25(35)32-10-4-5-18(15-32)24(34)31-11-12-33(23-21(29)13-20(28)14-30-23)22(16-31)17-6-8-19(27)9-7-17/h6-9,13-14,18,22H,4-5,10-12,15-16,29H2,1-3H3. The van der Waals surface area contributed by atoms with Crippen LogP contribution in [-0.4, -0.2) is 65.1 Å². The van der Waals surface area contributed by atoms with Gasteiger partial charge in [0.25, 0.3) is 0 Å². The van der Waals surface area contributed by atoms with Crippen LogP contribution in [0.1, 0.15) is 45.2 Å². The first-order valence-electron chi connectivity index (χ1n) is 12.2. The molecule has 1 aromatic carbocycles. The van der Waals surface area contributed by atoms with Crippen molar-refractivity contribution in [1.82, 2.24) is 14.8 Å². The van der Waals surface area contributed by atoms with E-state index in [4.69, 9.17) is 33.7 Å². The molecular weight excluding hydrogens is 501 g/mol. The van der Waals surface area contributed by atoms with Gasteiger partial charge in [-0.3, -0.25) is 4.79 Å². The average molecular weight is 534 g/mol. The van der Waals surface area contributed by atoms with E-state index in [-0.39, 0.29) is 24.0 Å². The Bertz CT molecular complexity index is 1110. The number of ether oxygens (including phenoxy) is 1. The lowest BCUT2D eigenvalue weighted by atomic mass is 9.95. The largest absolute Gasteiger partial charge is 0.444 e. The Morgan fingerprint density at radius 2 is 1.75 bits per heavy atom. The number of rotatable bonds is 3. The number of likely N-dealkylation sites (tertiary alicyclic amines) is 1. The monoisotopic (exact) mass is 533 g/mol. The number of hydrogen-bond donors (Lipinski definition) is 1. The van der Waals surface area contributed by atoms with Crippen LogP contribution in [0.15, 0.2) is 36.5 Å². The van der Waals surface area contributed by atoms with Gasteiger partial charge in [0.15, 0.2) is 5.82 Å². The highest BCUT2D eigenvalue weighted by Crippen LogP contribution is 2.35. The summed E-state index contributed by atoms with van der Waals surface area (Å²) in [5.74, 6) is 0.432. The minimum atomic E-state index is -0.576. The van der Waals surface area contributed by atoms with Crippen LogP contribution in [0.4, 0.5) is 16.3 Å². The molecule has 2 fully saturated rings. The maximum absolute atomic E-state index is 13.6. The third-order valence-corrected chi connectivity index (χ3v) is 6.96. The zero-order valence-corrected chi connectivity index (χ0v) is 22.4. The number of hydrogen-bond acceptors (Lipinski definition) is 6. The molecule has 36 heavy (non-hydrogen) atoms. The van der Waals surface area contributed by atoms with E-state index in [1.807, 2.05) is 49.9 Å². The number of nitrogens with two attached hydrogens (primary N) is 1. The second-order valence-corrected chi connectivity index (χ2v) is 11.2. The van der Waals surface area contributed by atoms with Crippen LogP contribution in [0.25, 0.3) is 0 Å². The lowest BCUT2D eigenvalue weighted by molar-refractivity contribution is -0.138. The maximum atomic E-state index is 13.6. The molecule has 2 saturated heterocycles. The number of pyridine rings is 1. The van der Waals surface area contributed by atoms with Gasteiger partial charge in [-0.05, 0) is 57.4 Å². The summed E-state index contributed by atoms with van der Waals surface area (Å²) >= 11 is 12.2. The van der Waals surface area contributed by atoms with Crippen molar-refractivity contribution in [3.8, 4) is 0 Å². The van der Waals surface area contributed by atoms with Gasteiger partial charge >= 0.3 is 6.09 Å². The molecule has 2 amide bonds. The summed E-state index contributed by atoms with van der Waals surface area (Å²) in [6.45, 7) is 8.04. The van der Waals surface area contributed by atoms with E-state index in [1.165, 1.54) is 0 Å². The molecule has 8 nitrogen and oxygen atoms in total. The number of benzene rings is 1. The minimum absolute atomic E-state index is 0.0545. The Hall–Kier alpha value is -2.71. The van der Waals surface area contributed by atoms with Crippen LogP contribution in [0.3, 0.4) is 0 Å². The summed E-state index contributed by atoms with van der Waals surface area (Å²) in [6.07, 6.45) is 2.72. The van der Waals surface area contributed by atoms with Crippen molar-refractivity contribution in [2.75, 3.05) is 43.4 Å². The van der Waals surface area contributed by atoms with Gasteiger partial charge in [-0.1, -0.05) is 35.3 Å². The molecule has 2 unspecified atom stereocenters. The molecule has 0 saturated carbocycles. The van der Waals surface area contributed by atoms with Gasteiger partial charge in [-0.15, -0.1) is 0 Å². The van der Waals surface area contributed by atoms with Crippen LogP contribution in [0.5, 0.6) is 0 Å². The first kappa shape index (κ1) is 26.4. The van der Waals surface area contributed by atoms with Crippen molar-refractivity contribution in [3.05, 3.63) is 52.1 Å². The lowest BCUT2D eigenvalue weighted by Crippen LogP contribution is -2.54. The number of amides is 2. The second-order valence-electron chi connectivity index (χ2n) is 10.4. The van der Waals surface area contributed by atoms with Crippen molar-refractivity contribution in [3.63, 3.8) is 0 Å². The Labute approximate surface area is 222 Å². The van der Waals surface area contributed by atoms with Gasteiger partial charge in [0.1, 0.15) is 5.60 Å². The summed E-state index contributed by atoms with van der Waals surface area (Å²) in [5.41, 5.74) is 7.19. The number of halogens is 2. The van der Waals surface area contributed by atoms with E-state index < -0.39 is 5.60 Å². The highest BCUT2D eigenvalue weighted by Gasteiger charge is 2.37. The molecular formula is C26H33Cl2N5O3. The molecule has 2 aliphatic heterocycles. The molecule has 1 aromatic heterocycles. The molecule has 3 heterocycles.